The zero-order chi connectivity index (χ0) is 13.0. The molecule has 0 N–H and O–H groups in total. The first kappa shape index (κ1) is 15.5. The van der Waals surface area contributed by atoms with E-state index in [2.05, 4.69) is 67.2 Å². The molecule has 0 saturated carbocycles. The van der Waals surface area contributed by atoms with Gasteiger partial charge in [0.2, 0.25) is 0 Å². The summed E-state index contributed by atoms with van der Waals surface area (Å²) in [5, 5.41) is 0. The maximum absolute atomic E-state index is 3.89. The Bertz CT molecular complexity index is 248. The van der Waals surface area contributed by atoms with E-state index in [-0.39, 0.29) is 0 Å². The summed E-state index contributed by atoms with van der Waals surface area (Å²) in [6.45, 7) is 19.9. The first-order valence-corrected chi connectivity index (χ1v) is 6.41. The first-order valence-electron chi connectivity index (χ1n) is 6.41. The maximum Gasteiger partial charge on any atom is -0.0176 e. The van der Waals surface area contributed by atoms with Gasteiger partial charge < -0.3 is 0 Å². The van der Waals surface area contributed by atoms with Gasteiger partial charge in [0.05, 0.1) is 0 Å². The van der Waals surface area contributed by atoms with Crippen LogP contribution in [0.1, 0.15) is 61.3 Å². The lowest BCUT2D eigenvalue weighted by Crippen LogP contribution is -2.19. The van der Waals surface area contributed by atoms with Crippen LogP contribution in [0.2, 0.25) is 0 Å². The van der Waals surface area contributed by atoms with Gasteiger partial charge in [-0.25, -0.2) is 0 Å². The van der Waals surface area contributed by atoms with Crippen LogP contribution in [-0.4, -0.2) is 0 Å². The van der Waals surface area contributed by atoms with Crippen molar-refractivity contribution in [1.82, 2.24) is 0 Å². The van der Waals surface area contributed by atoms with Gasteiger partial charge >= 0.3 is 0 Å². The van der Waals surface area contributed by atoms with Crippen LogP contribution in [-0.2, 0) is 0 Å². The van der Waals surface area contributed by atoms with Gasteiger partial charge in [-0.1, -0.05) is 59.3 Å². The SMILES string of the molecule is C=CC(C)C(C)(C)CC/C=C(\C)C(C)(C)C. The molecule has 0 amide bonds. The number of hydrogen-bond donors (Lipinski definition) is 0. The highest BCUT2D eigenvalue weighted by Crippen LogP contribution is 2.33. The van der Waals surface area contributed by atoms with Crippen LogP contribution in [0.5, 0.6) is 0 Å². The molecule has 0 radical (unpaired) electrons. The molecule has 0 aromatic carbocycles. The summed E-state index contributed by atoms with van der Waals surface area (Å²) >= 11 is 0. The monoisotopic (exact) mass is 222 g/mol. The fourth-order valence-corrected chi connectivity index (χ4v) is 1.51. The average molecular weight is 222 g/mol. The van der Waals surface area contributed by atoms with E-state index in [1.54, 1.807) is 0 Å². The minimum Gasteiger partial charge on any atom is -0.103 e. The lowest BCUT2D eigenvalue weighted by molar-refractivity contribution is 0.256. The highest BCUT2D eigenvalue weighted by atomic mass is 14.3. The van der Waals surface area contributed by atoms with Gasteiger partial charge in [-0.15, -0.1) is 6.58 Å². The number of hydrogen-bond acceptors (Lipinski definition) is 0. The Hall–Kier alpha value is -0.520. The van der Waals surface area contributed by atoms with Crippen LogP contribution in [0.15, 0.2) is 24.3 Å². The Balaban J connectivity index is 4.32. The van der Waals surface area contributed by atoms with Gasteiger partial charge in [-0.05, 0) is 36.5 Å². The molecule has 0 aliphatic carbocycles. The lowest BCUT2D eigenvalue weighted by atomic mass is 9.76. The van der Waals surface area contributed by atoms with Crippen molar-refractivity contribution in [3.05, 3.63) is 24.3 Å². The van der Waals surface area contributed by atoms with Crippen LogP contribution in [0.25, 0.3) is 0 Å². The topological polar surface area (TPSA) is 0 Å². The van der Waals surface area contributed by atoms with E-state index in [0.717, 1.165) is 0 Å². The smallest absolute Gasteiger partial charge is 0.0176 e. The van der Waals surface area contributed by atoms with E-state index >= 15 is 0 Å². The van der Waals surface area contributed by atoms with Crippen molar-refractivity contribution >= 4 is 0 Å². The van der Waals surface area contributed by atoms with Crippen molar-refractivity contribution in [2.75, 3.05) is 0 Å². The molecule has 0 heterocycles. The zero-order valence-electron chi connectivity index (χ0n) is 12.4. The molecule has 0 spiro atoms. The molecule has 0 aliphatic heterocycles. The molecule has 0 aromatic rings. The molecule has 0 nitrogen and oxygen atoms in total. The van der Waals surface area contributed by atoms with Crippen molar-refractivity contribution < 1.29 is 0 Å². The Morgan fingerprint density at radius 1 is 1.19 bits per heavy atom. The van der Waals surface area contributed by atoms with Gasteiger partial charge in [0.25, 0.3) is 0 Å². The molecular formula is C16H30. The third-order valence-electron chi connectivity index (χ3n) is 4.01. The van der Waals surface area contributed by atoms with E-state index < -0.39 is 0 Å². The van der Waals surface area contributed by atoms with Crippen LogP contribution in [0.3, 0.4) is 0 Å². The fourth-order valence-electron chi connectivity index (χ4n) is 1.51. The van der Waals surface area contributed by atoms with Crippen molar-refractivity contribution in [3.63, 3.8) is 0 Å². The zero-order valence-corrected chi connectivity index (χ0v) is 12.4. The Kier molecular flexibility index (Phi) is 5.52. The molecule has 0 saturated heterocycles. The van der Waals surface area contributed by atoms with Crippen LogP contribution in [0.4, 0.5) is 0 Å². The summed E-state index contributed by atoms with van der Waals surface area (Å²) in [6, 6.07) is 0. The minimum absolute atomic E-state index is 0.314. The second-order valence-corrected chi connectivity index (χ2v) is 6.69. The van der Waals surface area contributed by atoms with E-state index in [4.69, 9.17) is 0 Å². The van der Waals surface area contributed by atoms with Gasteiger partial charge in [-0.3, -0.25) is 0 Å². The number of rotatable bonds is 5. The molecule has 16 heavy (non-hydrogen) atoms. The molecular weight excluding hydrogens is 192 g/mol. The van der Waals surface area contributed by atoms with Gasteiger partial charge in [-0.2, -0.15) is 0 Å². The third kappa shape index (κ3) is 5.01. The van der Waals surface area contributed by atoms with E-state index in [1.807, 2.05) is 0 Å². The summed E-state index contributed by atoms with van der Waals surface area (Å²) in [4.78, 5) is 0. The fraction of sp³-hybridized carbons (Fsp3) is 0.750. The Labute approximate surface area is 103 Å². The van der Waals surface area contributed by atoms with E-state index in [9.17, 15) is 0 Å². The van der Waals surface area contributed by atoms with Crippen molar-refractivity contribution in [3.8, 4) is 0 Å². The predicted octanol–water partition coefficient (Wildman–Crippen LogP) is 5.61. The van der Waals surface area contributed by atoms with E-state index in [0.29, 0.717) is 16.7 Å². The van der Waals surface area contributed by atoms with Crippen molar-refractivity contribution in [1.29, 1.82) is 0 Å². The van der Waals surface area contributed by atoms with Crippen LogP contribution >= 0.6 is 0 Å². The first-order chi connectivity index (χ1) is 7.11. The second-order valence-electron chi connectivity index (χ2n) is 6.69. The van der Waals surface area contributed by atoms with Gasteiger partial charge in [0, 0.05) is 0 Å². The Morgan fingerprint density at radius 3 is 2.06 bits per heavy atom. The van der Waals surface area contributed by atoms with Gasteiger partial charge in [0.1, 0.15) is 0 Å². The Morgan fingerprint density at radius 2 is 1.69 bits per heavy atom. The van der Waals surface area contributed by atoms with Crippen LogP contribution in [0, 0.1) is 16.7 Å². The maximum atomic E-state index is 3.89. The second kappa shape index (κ2) is 5.70. The minimum atomic E-state index is 0.314. The molecule has 1 atom stereocenters. The highest BCUT2D eigenvalue weighted by Gasteiger charge is 2.22. The summed E-state index contributed by atoms with van der Waals surface area (Å²) in [7, 11) is 0. The van der Waals surface area contributed by atoms with Crippen molar-refractivity contribution in [2.24, 2.45) is 16.7 Å². The highest BCUT2D eigenvalue weighted by molar-refractivity contribution is 5.07. The molecule has 0 bridgehead atoms. The quantitative estimate of drug-likeness (QED) is 0.531. The third-order valence-corrected chi connectivity index (χ3v) is 4.01. The summed E-state index contributed by atoms with van der Waals surface area (Å²) in [5.74, 6) is 0.579. The van der Waals surface area contributed by atoms with Gasteiger partial charge in [0.15, 0.2) is 0 Å². The molecule has 0 rings (SSSR count). The van der Waals surface area contributed by atoms with Crippen LogP contribution < -0.4 is 0 Å². The lowest BCUT2D eigenvalue weighted by Gasteiger charge is -2.29. The molecule has 94 valence electrons. The summed E-state index contributed by atoms with van der Waals surface area (Å²) in [5.41, 5.74) is 2.17. The summed E-state index contributed by atoms with van der Waals surface area (Å²) < 4.78 is 0. The van der Waals surface area contributed by atoms with Crippen molar-refractivity contribution in [2.45, 2.75) is 61.3 Å². The predicted molar refractivity (Wildman–Crippen MR) is 75.6 cm³/mol. The molecule has 0 fully saturated rings. The number of allylic oxidation sites excluding steroid dienone is 3. The van der Waals surface area contributed by atoms with E-state index in [1.165, 1.54) is 18.4 Å². The largest absolute Gasteiger partial charge is 0.103 e. The standard InChI is InChI=1S/C16H30/c1-9-13(2)16(7,8)12-10-11-14(3)15(4,5)6/h9,11,13H,1,10,12H2,2-8H3/b14-11+. The molecule has 1 unspecified atom stereocenters. The normalized spacial score (nSPS) is 16.1. The molecule has 0 aromatic heterocycles. The average Bonchev–Trinajstić information content (AvgIpc) is 2.14. The summed E-state index contributed by atoms with van der Waals surface area (Å²) in [6.07, 6.45) is 6.87. The molecule has 0 heteroatoms. The molecule has 0 aliphatic rings.